The lowest BCUT2D eigenvalue weighted by Crippen LogP contribution is -2.18. The molecule has 2 heteroatoms. The molecule has 0 saturated carbocycles. The molecule has 0 fully saturated rings. The van der Waals surface area contributed by atoms with Crippen molar-refractivity contribution in [2.24, 2.45) is 0 Å². The number of rotatable bonds is 15. The summed E-state index contributed by atoms with van der Waals surface area (Å²) in [4.78, 5) is 4.69. The van der Waals surface area contributed by atoms with Gasteiger partial charge in [0.25, 0.3) is 0 Å². The molecular weight excluding hydrogens is 1330 g/mol. The standard InChI is InChI=1S/C108H86N2/c1-14-18-20-22-68-107(12)101-70-85(81-30-50-90(51-31-81)106(9,10)11)44-64-97(101)98-65-45-86(71-102(98)107)82-38-58-94(59-39-82)109(91-52-32-76(33-53-91)74(5)16-3)95-60-40-83(41-61-95)87-46-66-99-100-67-47-88(73-104(100)108(13,103(99)72-87)69-23-21-19-15-2)84-42-62-96(63-43-84)110(92-54-34-79(35-55-92)77-26-24-75(17-4)25-27-77)93-56-36-80(37-57-93)78-28-48-89(49-29-78)105(6,7)8/h1-2,17,24-67,70-74H,4,16H2,3,5-13H3. The number of fused-ring (bicyclic) bond motifs is 6. The summed E-state index contributed by atoms with van der Waals surface area (Å²) in [6.45, 7) is 26.5. The van der Waals surface area contributed by atoms with E-state index in [4.69, 9.17) is 12.8 Å². The monoisotopic (exact) mass is 1410 g/mol. The van der Waals surface area contributed by atoms with Crippen molar-refractivity contribution in [1.82, 2.24) is 0 Å². The smallest absolute Gasteiger partial charge is 0.0806 e. The second-order valence-corrected chi connectivity index (χ2v) is 31.4. The Hall–Kier alpha value is -13.4. The minimum absolute atomic E-state index is 0.0606. The first-order valence-corrected chi connectivity index (χ1v) is 37.9. The van der Waals surface area contributed by atoms with Crippen molar-refractivity contribution in [3.8, 4) is 161 Å². The number of hydrogen-bond donors (Lipinski definition) is 0. The van der Waals surface area contributed by atoms with Crippen molar-refractivity contribution in [3.63, 3.8) is 0 Å². The molecule has 2 aliphatic carbocycles. The van der Waals surface area contributed by atoms with E-state index in [0.29, 0.717) is 5.92 Å². The second-order valence-electron chi connectivity index (χ2n) is 31.4. The van der Waals surface area contributed by atoms with Crippen molar-refractivity contribution in [2.75, 3.05) is 9.80 Å². The fraction of sp³-hybridized carbons (Fsp3) is 0.148. The third-order valence-corrected chi connectivity index (χ3v) is 22.4. The van der Waals surface area contributed by atoms with Gasteiger partial charge in [-0.15, -0.1) is 12.8 Å². The molecule has 0 amide bonds. The highest BCUT2D eigenvalue weighted by atomic mass is 15.1. The molecule has 0 aromatic heterocycles. The average molecular weight is 1410 g/mol. The van der Waals surface area contributed by atoms with E-state index in [1.807, 2.05) is 6.08 Å². The van der Waals surface area contributed by atoms with Gasteiger partial charge >= 0.3 is 0 Å². The minimum atomic E-state index is -0.721. The second kappa shape index (κ2) is 29.7. The van der Waals surface area contributed by atoms with Crippen LogP contribution >= 0.6 is 0 Å². The third kappa shape index (κ3) is 14.1. The van der Waals surface area contributed by atoms with Gasteiger partial charge in [-0.05, 0) is 315 Å². The van der Waals surface area contributed by atoms with E-state index in [9.17, 15) is 0 Å². The van der Waals surface area contributed by atoms with Crippen LogP contribution in [-0.4, -0.2) is 0 Å². The summed E-state index contributed by atoms with van der Waals surface area (Å²) in [7, 11) is 0. The summed E-state index contributed by atoms with van der Waals surface area (Å²) in [5.41, 5.74) is 32.8. The largest absolute Gasteiger partial charge is 0.311 e. The van der Waals surface area contributed by atoms with Crippen LogP contribution in [0.2, 0.25) is 0 Å². The van der Waals surface area contributed by atoms with E-state index in [-0.39, 0.29) is 10.8 Å². The quantitative estimate of drug-likeness (QED) is 0.0944. The van der Waals surface area contributed by atoms with Gasteiger partial charge in [0.05, 0.1) is 10.8 Å². The number of anilines is 6. The molecule has 13 aromatic rings. The summed E-state index contributed by atoms with van der Waals surface area (Å²) in [5, 5.41) is 0. The molecule has 0 radical (unpaired) electrons. The highest BCUT2D eigenvalue weighted by Gasteiger charge is 2.41. The molecule has 0 spiro atoms. The van der Waals surface area contributed by atoms with Gasteiger partial charge in [0.15, 0.2) is 0 Å². The zero-order valence-electron chi connectivity index (χ0n) is 64.3. The van der Waals surface area contributed by atoms with E-state index in [1.54, 1.807) is 0 Å². The Balaban J connectivity index is 0.726. The Morgan fingerprint density at radius 1 is 0.327 bits per heavy atom. The zero-order chi connectivity index (χ0) is 76.5. The van der Waals surface area contributed by atoms with Gasteiger partial charge in [0.2, 0.25) is 0 Å². The maximum atomic E-state index is 5.66. The van der Waals surface area contributed by atoms with E-state index < -0.39 is 10.8 Å². The molecule has 0 aliphatic heterocycles. The predicted octanol–water partition coefficient (Wildman–Crippen LogP) is 27.2. The van der Waals surface area contributed by atoms with Crippen LogP contribution in [-0.2, 0) is 21.7 Å². The van der Waals surface area contributed by atoms with Crippen LogP contribution in [0.1, 0.15) is 126 Å². The van der Waals surface area contributed by atoms with Crippen molar-refractivity contribution in [3.05, 3.63) is 342 Å². The lowest BCUT2D eigenvalue weighted by molar-refractivity contribution is 0.590. The Morgan fingerprint density at radius 2 is 0.564 bits per heavy atom. The molecule has 0 saturated heterocycles. The Labute approximate surface area is 652 Å². The molecule has 13 aromatic carbocycles. The molecule has 0 heterocycles. The summed E-state index contributed by atoms with van der Waals surface area (Å²) in [5.74, 6) is 30.2. The van der Waals surface area contributed by atoms with Gasteiger partial charge in [-0.2, -0.15) is 0 Å². The molecule has 15 rings (SSSR count). The highest BCUT2D eigenvalue weighted by Crippen LogP contribution is 2.54. The van der Waals surface area contributed by atoms with Gasteiger partial charge in [-0.25, -0.2) is 0 Å². The third-order valence-electron chi connectivity index (χ3n) is 22.4. The zero-order valence-corrected chi connectivity index (χ0v) is 64.3. The lowest BCUT2D eigenvalue weighted by Gasteiger charge is -2.26. The van der Waals surface area contributed by atoms with Crippen LogP contribution in [0.3, 0.4) is 0 Å². The maximum absolute atomic E-state index is 5.66. The average Bonchev–Trinajstić information content (AvgIpc) is 1.57. The topological polar surface area (TPSA) is 6.48 Å². The van der Waals surface area contributed by atoms with Crippen molar-refractivity contribution < 1.29 is 0 Å². The van der Waals surface area contributed by atoms with E-state index >= 15 is 0 Å². The SMILES string of the molecule is C#CC#CC#CC1(C)c2cc(-c3ccc(N(c4ccc(-c5ccc(C=C)cc5)cc4)c4ccc(-c5ccc(C(C)(C)C)cc5)cc4)cc3)ccc2-c2ccc(-c3ccc(N(c4ccc(-c5ccc6c(c5)C(C)(C#CC#CC#C)c5cc(-c7ccc(C(C)(C)C)cc7)ccc5-6)cc4)c4ccc(C(C)CC)cc4)cc3)cc21. The fourth-order valence-electron chi connectivity index (χ4n) is 15.7. The number of terminal acetylenes is 2. The first kappa shape index (κ1) is 72.1. The minimum Gasteiger partial charge on any atom is -0.311 e. The summed E-state index contributed by atoms with van der Waals surface area (Å²) < 4.78 is 0. The number of benzene rings is 13. The van der Waals surface area contributed by atoms with Crippen molar-refractivity contribution in [2.45, 2.75) is 103 Å². The molecule has 2 aliphatic rings. The molecule has 0 N–H and O–H groups in total. The Bertz CT molecular complexity index is 6050. The van der Waals surface area contributed by atoms with Crippen LogP contribution in [0.25, 0.3) is 95.1 Å². The first-order valence-electron chi connectivity index (χ1n) is 37.9. The Morgan fingerprint density at radius 3 is 0.809 bits per heavy atom. The molecule has 3 atom stereocenters. The van der Waals surface area contributed by atoms with Crippen LogP contribution in [0.15, 0.2) is 298 Å². The molecule has 0 bridgehead atoms. The Kier molecular flexibility index (Phi) is 19.5. The van der Waals surface area contributed by atoms with E-state index in [2.05, 4.69) is 436 Å². The fourth-order valence-corrected chi connectivity index (χ4v) is 15.7. The van der Waals surface area contributed by atoms with Crippen LogP contribution in [0.5, 0.6) is 0 Å². The summed E-state index contributed by atoms with van der Waals surface area (Å²) in [6.07, 6.45) is 14.2. The summed E-state index contributed by atoms with van der Waals surface area (Å²) in [6, 6.07) is 107. The molecule has 2 nitrogen and oxygen atoms in total. The van der Waals surface area contributed by atoms with Gasteiger partial charge in [0, 0.05) is 34.1 Å². The lowest BCUT2D eigenvalue weighted by atomic mass is 9.79. The normalized spacial score (nSPS) is 14.4. The van der Waals surface area contributed by atoms with Crippen LogP contribution in [0, 0.1) is 72.1 Å². The first-order chi connectivity index (χ1) is 53.2. The molecular formula is C108H86N2. The van der Waals surface area contributed by atoms with Crippen LogP contribution in [0.4, 0.5) is 34.1 Å². The molecule has 110 heavy (non-hydrogen) atoms. The molecule has 3 unspecified atom stereocenters. The van der Waals surface area contributed by atoms with Gasteiger partial charge in [0.1, 0.15) is 0 Å². The van der Waals surface area contributed by atoms with E-state index in [0.717, 1.165) is 130 Å². The number of hydrogen-bond acceptors (Lipinski definition) is 2. The number of nitrogens with zero attached hydrogens (tertiary/aromatic N) is 2. The van der Waals surface area contributed by atoms with Crippen molar-refractivity contribution >= 4 is 40.2 Å². The van der Waals surface area contributed by atoms with Crippen LogP contribution < -0.4 is 9.80 Å². The maximum Gasteiger partial charge on any atom is 0.0806 e. The van der Waals surface area contributed by atoms with Gasteiger partial charge < -0.3 is 9.80 Å². The molecule has 528 valence electrons. The predicted molar refractivity (Wildman–Crippen MR) is 467 cm³/mol. The van der Waals surface area contributed by atoms with Crippen molar-refractivity contribution in [1.29, 1.82) is 0 Å². The van der Waals surface area contributed by atoms with Gasteiger partial charge in [-0.1, -0.05) is 274 Å². The van der Waals surface area contributed by atoms with E-state index in [1.165, 1.54) is 44.5 Å². The highest BCUT2D eigenvalue weighted by molar-refractivity contribution is 5.91. The van der Waals surface area contributed by atoms with Gasteiger partial charge in [-0.3, -0.25) is 0 Å². The summed E-state index contributed by atoms with van der Waals surface area (Å²) >= 11 is 0.